The summed E-state index contributed by atoms with van der Waals surface area (Å²) in [6.45, 7) is 1.39. The highest BCUT2D eigenvalue weighted by atomic mass is 19.4. The molecule has 206 valence electrons. The van der Waals surface area contributed by atoms with Crippen molar-refractivity contribution in [1.82, 2.24) is 20.3 Å². The number of primary amides is 1. The zero-order valence-corrected chi connectivity index (χ0v) is 21.5. The molecule has 1 amide bonds. The summed E-state index contributed by atoms with van der Waals surface area (Å²) < 4.78 is 38.6. The lowest BCUT2D eigenvalue weighted by atomic mass is 9.89. The van der Waals surface area contributed by atoms with Crippen LogP contribution in [-0.4, -0.2) is 52.1 Å². The minimum Gasteiger partial charge on any atom is -0.366 e. The first-order chi connectivity index (χ1) is 18.8. The van der Waals surface area contributed by atoms with Crippen LogP contribution in [0, 0.1) is 0 Å². The van der Waals surface area contributed by atoms with Gasteiger partial charge in [0.1, 0.15) is 11.6 Å². The Morgan fingerprint density at radius 3 is 2.49 bits per heavy atom. The molecule has 8 nitrogen and oxygen atoms in total. The smallest absolute Gasteiger partial charge is 0.366 e. The monoisotopic (exact) mass is 539 g/mol. The fourth-order valence-corrected chi connectivity index (χ4v) is 5.49. The lowest BCUT2D eigenvalue weighted by Gasteiger charge is -2.40. The maximum absolute atomic E-state index is 12.9. The van der Waals surface area contributed by atoms with Crippen molar-refractivity contribution in [2.24, 2.45) is 5.73 Å². The molecular weight excluding hydrogens is 507 g/mol. The molecular formula is C28H32F3N7O. The number of rotatable bonds is 7. The predicted molar refractivity (Wildman–Crippen MR) is 143 cm³/mol. The number of amides is 1. The fourth-order valence-electron chi connectivity index (χ4n) is 5.49. The molecule has 2 aromatic heterocycles. The Morgan fingerprint density at radius 1 is 0.949 bits per heavy atom. The van der Waals surface area contributed by atoms with E-state index in [1.54, 1.807) is 18.3 Å². The maximum Gasteiger partial charge on any atom is 0.434 e. The number of nitrogens with two attached hydrogens (primary N) is 1. The molecule has 4 N–H and O–H groups in total. The predicted octanol–water partition coefficient (Wildman–Crippen LogP) is 4.64. The molecule has 3 heterocycles. The molecule has 0 spiro atoms. The fraction of sp³-hybridized carbons (Fsp3) is 0.429. The molecule has 0 radical (unpaired) electrons. The van der Waals surface area contributed by atoms with Gasteiger partial charge in [-0.15, -0.1) is 0 Å². The second-order valence-corrected chi connectivity index (χ2v) is 10.2. The average Bonchev–Trinajstić information content (AvgIpc) is 2.94. The number of aromatic nitrogens is 3. The van der Waals surface area contributed by atoms with Crippen LogP contribution in [0.1, 0.15) is 54.6 Å². The van der Waals surface area contributed by atoms with E-state index in [1.807, 2.05) is 29.2 Å². The van der Waals surface area contributed by atoms with Crippen LogP contribution >= 0.6 is 0 Å². The minimum absolute atomic E-state index is 0.180. The summed E-state index contributed by atoms with van der Waals surface area (Å²) in [5.74, 6) is 0.766. The number of anilines is 2. The van der Waals surface area contributed by atoms with Gasteiger partial charge in [-0.2, -0.15) is 13.2 Å². The molecule has 3 aromatic rings. The number of pyridine rings is 1. The Kier molecular flexibility index (Phi) is 7.97. The van der Waals surface area contributed by atoms with Gasteiger partial charge in [-0.1, -0.05) is 25.0 Å². The lowest BCUT2D eigenvalue weighted by molar-refractivity contribution is -0.141. The highest BCUT2D eigenvalue weighted by molar-refractivity contribution is 5.94. The van der Waals surface area contributed by atoms with Crippen molar-refractivity contribution in [3.05, 3.63) is 66.2 Å². The standard InChI is InChI=1S/C28H32F3N7O/c29-28(30,31)24-15-35-26(16-34-24)38-12-4-7-21(17-38)36-22-8-1-2-9-23(22)37-25-14-19(10-11-33-25)18-5-3-6-20(13-18)27(32)39/h3,5-6,10-11,13-16,21-23,36H,1-2,4,7-9,12,17H2,(H2,32,39)(H,33,37). The molecule has 0 bridgehead atoms. The number of nitrogens with one attached hydrogen (secondary N) is 2. The number of nitrogens with zero attached hydrogens (tertiary/aromatic N) is 4. The molecule has 3 atom stereocenters. The third-order valence-electron chi connectivity index (χ3n) is 7.46. The zero-order chi connectivity index (χ0) is 27.4. The molecule has 1 aromatic carbocycles. The van der Waals surface area contributed by atoms with E-state index < -0.39 is 17.8 Å². The first kappa shape index (κ1) is 26.9. The van der Waals surface area contributed by atoms with Gasteiger partial charge in [0, 0.05) is 43.0 Å². The van der Waals surface area contributed by atoms with Gasteiger partial charge in [0.25, 0.3) is 0 Å². The normalized spacial score (nSPS) is 21.9. The summed E-state index contributed by atoms with van der Waals surface area (Å²) in [6.07, 6.45) is 5.45. The first-order valence-corrected chi connectivity index (χ1v) is 13.3. The van der Waals surface area contributed by atoms with E-state index in [-0.39, 0.29) is 18.1 Å². The third kappa shape index (κ3) is 6.65. The number of hydrogen-bond donors (Lipinski definition) is 3. The van der Waals surface area contributed by atoms with E-state index in [2.05, 4.69) is 25.6 Å². The molecule has 1 saturated carbocycles. The van der Waals surface area contributed by atoms with Crippen molar-refractivity contribution >= 4 is 17.5 Å². The molecule has 3 unspecified atom stereocenters. The molecule has 2 fully saturated rings. The van der Waals surface area contributed by atoms with Gasteiger partial charge in [-0.25, -0.2) is 15.0 Å². The van der Waals surface area contributed by atoms with Crippen molar-refractivity contribution in [2.75, 3.05) is 23.3 Å². The van der Waals surface area contributed by atoms with Crippen molar-refractivity contribution < 1.29 is 18.0 Å². The van der Waals surface area contributed by atoms with Crippen LogP contribution in [0.25, 0.3) is 11.1 Å². The van der Waals surface area contributed by atoms with Crippen LogP contribution in [0.5, 0.6) is 0 Å². The SMILES string of the molecule is NC(=O)c1cccc(-c2ccnc(NC3CCCCC3NC3CCCN(c4cnc(C(F)(F)F)cn4)C3)c2)c1. The van der Waals surface area contributed by atoms with Gasteiger partial charge in [-0.05, 0) is 61.1 Å². The summed E-state index contributed by atoms with van der Waals surface area (Å²) in [7, 11) is 0. The van der Waals surface area contributed by atoms with E-state index in [0.29, 0.717) is 17.9 Å². The second-order valence-electron chi connectivity index (χ2n) is 10.2. The van der Waals surface area contributed by atoms with Crippen molar-refractivity contribution in [2.45, 2.75) is 62.8 Å². The van der Waals surface area contributed by atoms with E-state index in [4.69, 9.17) is 5.73 Å². The van der Waals surface area contributed by atoms with Crippen LogP contribution in [0.2, 0.25) is 0 Å². The van der Waals surface area contributed by atoms with Crippen molar-refractivity contribution in [1.29, 1.82) is 0 Å². The van der Waals surface area contributed by atoms with Crippen LogP contribution in [0.15, 0.2) is 55.0 Å². The lowest BCUT2D eigenvalue weighted by Crippen LogP contribution is -2.55. The minimum atomic E-state index is -4.50. The van der Waals surface area contributed by atoms with E-state index in [1.165, 1.54) is 6.20 Å². The largest absolute Gasteiger partial charge is 0.434 e. The van der Waals surface area contributed by atoms with Gasteiger partial charge in [0.2, 0.25) is 5.91 Å². The number of benzene rings is 1. The Balaban J connectivity index is 1.24. The maximum atomic E-state index is 12.9. The summed E-state index contributed by atoms with van der Waals surface area (Å²) in [5, 5.41) is 7.44. The Morgan fingerprint density at radius 2 is 1.74 bits per heavy atom. The Labute approximate surface area is 225 Å². The topological polar surface area (TPSA) is 109 Å². The number of carbonyl (C=O) groups is 1. The van der Waals surface area contributed by atoms with Gasteiger partial charge < -0.3 is 21.3 Å². The Hall–Kier alpha value is -3.73. The van der Waals surface area contributed by atoms with E-state index in [0.717, 1.165) is 68.2 Å². The summed E-state index contributed by atoms with van der Waals surface area (Å²) in [5.41, 5.74) is 6.76. The van der Waals surface area contributed by atoms with Gasteiger partial charge >= 0.3 is 6.18 Å². The molecule has 39 heavy (non-hydrogen) atoms. The summed E-state index contributed by atoms with van der Waals surface area (Å²) in [4.78, 5) is 25.8. The van der Waals surface area contributed by atoms with E-state index in [9.17, 15) is 18.0 Å². The number of alkyl halides is 3. The summed E-state index contributed by atoms with van der Waals surface area (Å²) >= 11 is 0. The van der Waals surface area contributed by atoms with E-state index >= 15 is 0 Å². The van der Waals surface area contributed by atoms with Gasteiger partial charge in [-0.3, -0.25) is 4.79 Å². The number of hydrogen-bond acceptors (Lipinski definition) is 7. The molecule has 1 aliphatic carbocycles. The summed E-state index contributed by atoms with van der Waals surface area (Å²) in [6, 6.07) is 11.7. The molecule has 1 saturated heterocycles. The number of halogens is 3. The Bertz CT molecular complexity index is 1280. The van der Waals surface area contributed by atoms with Crippen molar-refractivity contribution in [3.63, 3.8) is 0 Å². The molecule has 1 aliphatic heterocycles. The van der Waals surface area contributed by atoms with Crippen LogP contribution in [0.4, 0.5) is 24.8 Å². The van der Waals surface area contributed by atoms with Crippen LogP contribution < -0.4 is 21.3 Å². The molecule has 2 aliphatic rings. The quantitative estimate of drug-likeness (QED) is 0.401. The second kappa shape index (κ2) is 11.6. The van der Waals surface area contributed by atoms with Crippen molar-refractivity contribution in [3.8, 4) is 11.1 Å². The highest BCUT2D eigenvalue weighted by Crippen LogP contribution is 2.29. The first-order valence-electron chi connectivity index (χ1n) is 13.3. The molecule has 11 heteroatoms. The van der Waals surface area contributed by atoms with Gasteiger partial charge in [0.15, 0.2) is 5.69 Å². The number of carbonyl (C=O) groups excluding carboxylic acids is 1. The third-order valence-corrected chi connectivity index (χ3v) is 7.46. The molecule has 5 rings (SSSR count). The zero-order valence-electron chi connectivity index (χ0n) is 21.5. The van der Waals surface area contributed by atoms with Crippen LogP contribution in [0.3, 0.4) is 0 Å². The average molecular weight is 540 g/mol. The van der Waals surface area contributed by atoms with Gasteiger partial charge in [0.05, 0.1) is 12.4 Å². The number of piperidine rings is 1. The highest BCUT2D eigenvalue weighted by Gasteiger charge is 2.34. The van der Waals surface area contributed by atoms with Crippen LogP contribution in [-0.2, 0) is 6.18 Å².